The number of aromatic nitrogens is 3. The summed E-state index contributed by atoms with van der Waals surface area (Å²) in [5.41, 5.74) is 1.53. The molecule has 0 aliphatic rings. The van der Waals surface area contributed by atoms with Crippen LogP contribution in [0.25, 0.3) is 10.9 Å². The zero-order valence-electron chi connectivity index (χ0n) is 15.8. The number of H-pyrrole nitrogens is 2. The highest BCUT2D eigenvalue weighted by atomic mass is 32.2. The minimum absolute atomic E-state index is 0.0743. The van der Waals surface area contributed by atoms with E-state index in [1.807, 2.05) is 18.2 Å². The lowest BCUT2D eigenvalue weighted by molar-refractivity contribution is 0.601. The van der Waals surface area contributed by atoms with Gasteiger partial charge in [-0.3, -0.25) is 19.5 Å². The zero-order chi connectivity index (χ0) is 21.1. The van der Waals surface area contributed by atoms with Crippen LogP contribution < -0.4 is 16.0 Å². The molecule has 0 unspecified atom stereocenters. The van der Waals surface area contributed by atoms with Gasteiger partial charge < -0.3 is 4.98 Å². The van der Waals surface area contributed by atoms with Crippen LogP contribution >= 0.6 is 0 Å². The molecule has 8 nitrogen and oxygen atoms in total. The maximum absolute atomic E-state index is 12.8. The molecule has 0 fully saturated rings. The molecule has 0 bridgehead atoms. The van der Waals surface area contributed by atoms with Crippen molar-refractivity contribution in [3.05, 3.63) is 99.0 Å². The van der Waals surface area contributed by atoms with Gasteiger partial charge in [0.2, 0.25) is 0 Å². The number of aromatic amines is 2. The van der Waals surface area contributed by atoms with Crippen molar-refractivity contribution in [3.63, 3.8) is 0 Å². The number of anilines is 1. The summed E-state index contributed by atoms with van der Waals surface area (Å²) in [5, 5.41) is 0.0866. The number of sulfonamides is 1. The van der Waals surface area contributed by atoms with Gasteiger partial charge in [0.15, 0.2) is 0 Å². The molecule has 30 heavy (non-hydrogen) atoms. The molecule has 2 aromatic heterocycles. The highest BCUT2D eigenvalue weighted by Crippen LogP contribution is 2.20. The number of hydrogen-bond donors (Lipinski definition) is 3. The molecule has 0 aliphatic heterocycles. The van der Waals surface area contributed by atoms with Gasteiger partial charge in [0, 0.05) is 18.1 Å². The Bertz CT molecular complexity index is 1430. The monoisotopic (exact) mass is 422 g/mol. The molecule has 0 saturated carbocycles. The number of rotatable bonds is 6. The molecule has 2 aromatic carbocycles. The third-order valence-electron chi connectivity index (χ3n) is 4.65. The van der Waals surface area contributed by atoms with Gasteiger partial charge in [-0.15, -0.1) is 0 Å². The second-order valence-corrected chi connectivity index (χ2v) is 8.46. The standard InChI is InChI=1S/C21H18N4O4S/c26-20-18-13-17(6-7-19(18)23-21(27)24-20)30(28,29)25-16-3-1-2-15(12-16)5-4-14-8-10-22-11-9-14/h1-3,6-13,25H,4-5H2,(H2,23,24,26,27). The lowest BCUT2D eigenvalue weighted by Crippen LogP contribution is -2.22. The van der Waals surface area contributed by atoms with Gasteiger partial charge in [-0.25, -0.2) is 13.2 Å². The number of aryl methyl sites for hydroxylation is 2. The van der Waals surface area contributed by atoms with Gasteiger partial charge in [-0.05, 0) is 66.4 Å². The van der Waals surface area contributed by atoms with Crippen LogP contribution in [0.3, 0.4) is 0 Å². The predicted molar refractivity (Wildman–Crippen MR) is 114 cm³/mol. The second kappa shape index (κ2) is 7.96. The lowest BCUT2D eigenvalue weighted by Gasteiger charge is -2.10. The summed E-state index contributed by atoms with van der Waals surface area (Å²) in [7, 11) is -3.92. The number of fused-ring (bicyclic) bond motifs is 1. The Balaban J connectivity index is 1.57. The van der Waals surface area contributed by atoms with Gasteiger partial charge in [-0.2, -0.15) is 0 Å². The van der Waals surface area contributed by atoms with E-state index in [1.165, 1.54) is 18.2 Å². The van der Waals surface area contributed by atoms with Crippen LogP contribution in [0, 0.1) is 0 Å². The molecule has 0 radical (unpaired) electrons. The third kappa shape index (κ3) is 4.31. The van der Waals surface area contributed by atoms with Crippen molar-refractivity contribution in [2.75, 3.05) is 4.72 Å². The lowest BCUT2D eigenvalue weighted by atomic mass is 10.1. The maximum Gasteiger partial charge on any atom is 0.326 e. The summed E-state index contributed by atoms with van der Waals surface area (Å²) < 4.78 is 28.2. The Kier molecular flexibility index (Phi) is 5.20. The Hall–Kier alpha value is -3.72. The van der Waals surface area contributed by atoms with E-state index in [0.717, 1.165) is 24.0 Å². The van der Waals surface area contributed by atoms with E-state index in [0.29, 0.717) is 5.69 Å². The second-order valence-electron chi connectivity index (χ2n) is 6.78. The third-order valence-corrected chi connectivity index (χ3v) is 6.03. The molecule has 0 amide bonds. The number of benzene rings is 2. The van der Waals surface area contributed by atoms with E-state index in [2.05, 4.69) is 19.7 Å². The first kappa shape index (κ1) is 19.6. The van der Waals surface area contributed by atoms with Crippen LogP contribution in [0.2, 0.25) is 0 Å². The number of nitrogens with one attached hydrogen (secondary N) is 3. The van der Waals surface area contributed by atoms with Crippen LogP contribution in [-0.4, -0.2) is 23.4 Å². The van der Waals surface area contributed by atoms with Crippen molar-refractivity contribution >= 4 is 26.6 Å². The summed E-state index contributed by atoms with van der Waals surface area (Å²) in [6.07, 6.45) is 5.04. The van der Waals surface area contributed by atoms with Gasteiger partial charge in [0.05, 0.1) is 15.8 Å². The number of hydrogen-bond acceptors (Lipinski definition) is 5. The number of pyridine rings is 1. The fraction of sp³-hybridized carbons (Fsp3) is 0.0952. The van der Waals surface area contributed by atoms with E-state index in [1.54, 1.807) is 30.6 Å². The Morgan fingerprint density at radius 2 is 1.63 bits per heavy atom. The van der Waals surface area contributed by atoms with Crippen molar-refractivity contribution in [1.82, 2.24) is 15.0 Å². The summed E-state index contributed by atoms with van der Waals surface area (Å²) >= 11 is 0. The highest BCUT2D eigenvalue weighted by Gasteiger charge is 2.16. The fourth-order valence-electron chi connectivity index (χ4n) is 3.15. The first-order valence-corrected chi connectivity index (χ1v) is 10.7. The smallest absolute Gasteiger partial charge is 0.307 e. The first-order valence-electron chi connectivity index (χ1n) is 9.18. The molecular formula is C21H18N4O4S. The molecule has 152 valence electrons. The first-order chi connectivity index (χ1) is 14.4. The van der Waals surface area contributed by atoms with Crippen LogP contribution in [-0.2, 0) is 22.9 Å². The Morgan fingerprint density at radius 1 is 0.867 bits per heavy atom. The van der Waals surface area contributed by atoms with Crippen LogP contribution in [0.4, 0.5) is 5.69 Å². The molecular weight excluding hydrogens is 404 g/mol. The minimum atomic E-state index is -3.92. The Morgan fingerprint density at radius 3 is 2.43 bits per heavy atom. The normalized spacial score (nSPS) is 11.5. The van der Waals surface area contributed by atoms with E-state index in [-0.39, 0.29) is 15.8 Å². The summed E-state index contributed by atoms with van der Waals surface area (Å²) in [6.45, 7) is 0. The van der Waals surface area contributed by atoms with Crippen molar-refractivity contribution < 1.29 is 8.42 Å². The van der Waals surface area contributed by atoms with Crippen LogP contribution in [0.5, 0.6) is 0 Å². The van der Waals surface area contributed by atoms with E-state index in [9.17, 15) is 18.0 Å². The molecule has 4 aromatic rings. The quantitative estimate of drug-likeness (QED) is 0.439. The van der Waals surface area contributed by atoms with Crippen molar-refractivity contribution in [2.45, 2.75) is 17.7 Å². The highest BCUT2D eigenvalue weighted by molar-refractivity contribution is 7.92. The minimum Gasteiger partial charge on any atom is -0.307 e. The largest absolute Gasteiger partial charge is 0.326 e. The van der Waals surface area contributed by atoms with Gasteiger partial charge in [0.25, 0.3) is 15.6 Å². The molecule has 3 N–H and O–H groups in total. The fourth-order valence-corrected chi connectivity index (χ4v) is 4.23. The molecule has 0 atom stereocenters. The summed E-state index contributed by atoms with van der Waals surface area (Å²) in [5.74, 6) is 0. The zero-order valence-corrected chi connectivity index (χ0v) is 16.6. The average molecular weight is 422 g/mol. The summed E-state index contributed by atoms with van der Waals surface area (Å²) in [6, 6.07) is 15.0. The van der Waals surface area contributed by atoms with E-state index in [4.69, 9.17) is 0 Å². The van der Waals surface area contributed by atoms with Crippen molar-refractivity contribution in [3.8, 4) is 0 Å². The van der Waals surface area contributed by atoms with Crippen molar-refractivity contribution in [1.29, 1.82) is 0 Å². The van der Waals surface area contributed by atoms with Gasteiger partial charge >= 0.3 is 5.69 Å². The van der Waals surface area contributed by atoms with E-state index >= 15 is 0 Å². The topological polar surface area (TPSA) is 125 Å². The summed E-state index contributed by atoms with van der Waals surface area (Å²) in [4.78, 5) is 31.8. The van der Waals surface area contributed by atoms with Crippen LogP contribution in [0.1, 0.15) is 11.1 Å². The predicted octanol–water partition coefficient (Wildman–Crippen LogP) is 2.20. The van der Waals surface area contributed by atoms with E-state index < -0.39 is 21.3 Å². The molecule has 0 spiro atoms. The SMILES string of the molecule is O=c1[nH]c(=O)c2cc(S(=O)(=O)Nc3cccc(CCc4ccncc4)c3)ccc2[nH]1. The Labute approximate surface area is 171 Å². The molecule has 2 heterocycles. The van der Waals surface area contributed by atoms with Crippen LogP contribution in [0.15, 0.2) is 81.5 Å². The molecule has 4 rings (SSSR count). The maximum atomic E-state index is 12.8. The molecule has 9 heteroatoms. The van der Waals surface area contributed by atoms with Gasteiger partial charge in [-0.1, -0.05) is 12.1 Å². The van der Waals surface area contributed by atoms with Crippen molar-refractivity contribution in [2.24, 2.45) is 0 Å². The average Bonchev–Trinajstić information content (AvgIpc) is 2.72. The molecule has 0 saturated heterocycles. The number of nitrogens with zero attached hydrogens (tertiary/aromatic N) is 1. The van der Waals surface area contributed by atoms with Gasteiger partial charge in [0.1, 0.15) is 0 Å². The molecule has 0 aliphatic carbocycles.